The molecule has 6 nitrogen and oxygen atoms in total. The Kier molecular flexibility index (Phi) is 5.32. The van der Waals surface area contributed by atoms with Crippen molar-refractivity contribution < 1.29 is 14.6 Å². The Bertz CT molecular complexity index is 786. The molecular weight excluding hydrogens is 330 g/mol. The van der Waals surface area contributed by atoms with E-state index in [0.717, 1.165) is 29.1 Å². The Morgan fingerprint density at radius 1 is 1.31 bits per heavy atom. The van der Waals surface area contributed by atoms with Gasteiger partial charge in [0, 0.05) is 12.2 Å². The summed E-state index contributed by atoms with van der Waals surface area (Å²) in [5.74, 6) is 0.717. The maximum Gasteiger partial charge on any atom is 0.244 e. The van der Waals surface area contributed by atoms with Gasteiger partial charge in [0.1, 0.15) is 24.5 Å². The molecule has 1 atom stereocenters. The van der Waals surface area contributed by atoms with Crippen LogP contribution in [0.2, 0.25) is 0 Å². The van der Waals surface area contributed by atoms with Gasteiger partial charge in [0.25, 0.3) is 0 Å². The number of piperidine rings is 1. The highest BCUT2D eigenvalue weighted by Crippen LogP contribution is 2.23. The van der Waals surface area contributed by atoms with Crippen molar-refractivity contribution in [1.82, 2.24) is 14.7 Å². The average Bonchev–Trinajstić information content (AvgIpc) is 2.90. The molecule has 1 aromatic carbocycles. The number of β-amino-alcohol motifs (C(OH)–C–C–N with tert-alkyl or cyclic N) is 1. The topological polar surface area (TPSA) is 67.6 Å². The van der Waals surface area contributed by atoms with Crippen molar-refractivity contribution in [3.8, 4) is 5.75 Å². The third-order valence-corrected chi connectivity index (χ3v) is 4.79. The minimum atomic E-state index is -1.02. The first-order valence-corrected chi connectivity index (χ1v) is 9.05. The van der Waals surface area contributed by atoms with Crippen molar-refractivity contribution in [2.24, 2.45) is 0 Å². The lowest BCUT2D eigenvalue weighted by Gasteiger charge is -2.39. The molecule has 0 aliphatic carbocycles. The number of benzene rings is 1. The van der Waals surface area contributed by atoms with Gasteiger partial charge in [0.2, 0.25) is 5.91 Å². The number of rotatable bonds is 5. The zero-order chi connectivity index (χ0) is 18.7. The standard InChI is InChI=1S/C20H27N3O3/c1-15-6-4-7-18(10-15)26-14-20(25)8-5-9-22(13-20)19(24)12-23-17(3)11-16(2)21-23/h4,6-7,10-11,25H,5,8-9,12-14H2,1-3H3/t20-/m0/s1. The van der Waals surface area contributed by atoms with Gasteiger partial charge in [-0.3, -0.25) is 9.48 Å². The van der Waals surface area contributed by atoms with Crippen LogP contribution >= 0.6 is 0 Å². The number of amides is 1. The van der Waals surface area contributed by atoms with E-state index in [1.165, 1.54) is 0 Å². The van der Waals surface area contributed by atoms with Gasteiger partial charge in [-0.2, -0.15) is 5.10 Å². The number of hydrogen-bond donors (Lipinski definition) is 1. The van der Waals surface area contributed by atoms with Crippen LogP contribution in [0.25, 0.3) is 0 Å². The zero-order valence-electron chi connectivity index (χ0n) is 15.7. The average molecular weight is 357 g/mol. The number of aryl methyl sites for hydroxylation is 3. The Labute approximate surface area is 154 Å². The van der Waals surface area contributed by atoms with Crippen LogP contribution in [0.3, 0.4) is 0 Å². The quantitative estimate of drug-likeness (QED) is 0.891. The van der Waals surface area contributed by atoms with Crippen LogP contribution in [0.4, 0.5) is 0 Å². The summed E-state index contributed by atoms with van der Waals surface area (Å²) in [6, 6.07) is 9.71. The molecule has 1 aromatic heterocycles. The number of aliphatic hydroxyl groups is 1. The van der Waals surface area contributed by atoms with Crippen molar-refractivity contribution in [3.05, 3.63) is 47.3 Å². The van der Waals surface area contributed by atoms with Crippen molar-refractivity contribution >= 4 is 5.91 Å². The summed E-state index contributed by atoms with van der Waals surface area (Å²) in [7, 11) is 0. The van der Waals surface area contributed by atoms with E-state index in [1.54, 1.807) is 9.58 Å². The normalized spacial score (nSPS) is 20.2. The monoisotopic (exact) mass is 357 g/mol. The van der Waals surface area contributed by atoms with E-state index in [9.17, 15) is 9.90 Å². The van der Waals surface area contributed by atoms with Gasteiger partial charge < -0.3 is 14.7 Å². The highest BCUT2D eigenvalue weighted by atomic mass is 16.5. The van der Waals surface area contributed by atoms with Crippen molar-refractivity contribution in [2.45, 2.75) is 45.8 Å². The van der Waals surface area contributed by atoms with E-state index in [2.05, 4.69) is 5.10 Å². The minimum absolute atomic E-state index is 0.0233. The Balaban J connectivity index is 1.60. The predicted octanol–water partition coefficient (Wildman–Crippen LogP) is 2.24. The first-order valence-electron chi connectivity index (χ1n) is 9.05. The minimum Gasteiger partial charge on any atom is -0.491 e. The van der Waals surface area contributed by atoms with Crippen LogP contribution in [0.1, 0.15) is 29.8 Å². The van der Waals surface area contributed by atoms with Crippen LogP contribution < -0.4 is 4.74 Å². The molecule has 1 saturated heterocycles. The molecule has 6 heteroatoms. The zero-order valence-corrected chi connectivity index (χ0v) is 15.7. The number of nitrogens with zero attached hydrogens (tertiary/aromatic N) is 3. The Morgan fingerprint density at radius 2 is 2.12 bits per heavy atom. The second-order valence-electron chi connectivity index (χ2n) is 7.33. The second-order valence-corrected chi connectivity index (χ2v) is 7.33. The molecular formula is C20H27N3O3. The molecule has 3 rings (SSSR count). The molecule has 2 heterocycles. The Hall–Kier alpha value is -2.34. The van der Waals surface area contributed by atoms with Gasteiger partial charge in [0.05, 0.1) is 12.2 Å². The third kappa shape index (κ3) is 4.43. The van der Waals surface area contributed by atoms with Crippen LogP contribution in [0, 0.1) is 20.8 Å². The molecule has 0 bridgehead atoms. The molecule has 1 fully saturated rings. The van der Waals surface area contributed by atoms with Gasteiger partial charge in [0.15, 0.2) is 0 Å². The largest absolute Gasteiger partial charge is 0.491 e. The molecule has 0 radical (unpaired) electrons. The van der Waals surface area contributed by atoms with Gasteiger partial charge in [-0.15, -0.1) is 0 Å². The second kappa shape index (κ2) is 7.50. The molecule has 1 amide bonds. The van der Waals surface area contributed by atoms with Crippen molar-refractivity contribution in [2.75, 3.05) is 19.7 Å². The number of hydrogen-bond acceptors (Lipinski definition) is 4. The number of carbonyl (C=O) groups excluding carboxylic acids is 1. The van der Waals surface area contributed by atoms with Crippen LogP contribution in [0.5, 0.6) is 5.75 Å². The lowest BCUT2D eigenvalue weighted by Crippen LogP contribution is -2.54. The summed E-state index contributed by atoms with van der Waals surface area (Å²) in [5.41, 5.74) is 1.95. The number of likely N-dealkylation sites (tertiary alicyclic amines) is 1. The third-order valence-electron chi connectivity index (χ3n) is 4.79. The molecule has 1 N–H and O–H groups in total. The Morgan fingerprint density at radius 3 is 2.81 bits per heavy atom. The van der Waals surface area contributed by atoms with Gasteiger partial charge in [-0.1, -0.05) is 12.1 Å². The first-order chi connectivity index (χ1) is 12.3. The number of carbonyl (C=O) groups is 1. The van der Waals surface area contributed by atoms with Gasteiger partial charge in [-0.25, -0.2) is 0 Å². The van der Waals surface area contributed by atoms with Crippen molar-refractivity contribution in [3.63, 3.8) is 0 Å². The van der Waals surface area contributed by atoms with E-state index in [4.69, 9.17) is 4.74 Å². The fraction of sp³-hybridized carbons (Fsp3) is 0.500. The smallest absolute Gasteiger partial charge is 0.244 e. The summed E-state index contributed by atoms with van der Waals surface area (Å²) in [4.78, 5) is 14.4. The summed E-state index contributed by atoms with van der Waals surface area (Å²) in [6.45, 7) is 7.18. The molecule has 1 aliphatic heterocycles. The van der Waals surface area contributed by atoms with Crippen LogP contribution in [0.15, 0.2) is 30.3 Å². The number of aromatic nitrogens is 2. The molecule has 0 unspecified atom stereocenters. The highest BCUT2D eigenvalue weighted by Gasteiger charge is 2.36. The lowest BCUT2D eigenvalue weighted by molar-refractivity contribution is -0.141. The van der Waals surface area contributed by atoms with Crippen molar-refractivity contribution in [1.29, 1.82) is 0 Å². The van der Waals surface area contributed by atoms with Gasteiger partial charge >= 0.3 is 0 Å². The molecule has 2 aromatic rings. The molecule has 140 valence electrons. The fourth-order valence-electron chi connectivity index (χ4n) is 3.43. The maximum atomic E-state index is 12.6. The van der Waals surface area contributed by atoms with E-state index in [-0.39, 0.29) is 25.6 Å². The molecule has 0 saturated carbocycles. The fourth-order valence-corrected chi connectivity index (χ4v) is 3.43. The summed E-state index contributed by atoms with van der Waals surface area (Å²) in [6.07, 6.45) is 1.39. The van der Waals surface area contributed by atoms with Crippen LogP contribution in [-0.4, -0.2) is 51.0 Å². The maximum absolute atomic E-state index is 12.6. The lowest BCUT2D eigenvalue weighted by atomic mass is 9.93. The molecule has 26 heavy (non-hydrogen) atoms. The molecule has 0 spiro atoms. The first kappa shape index (κ1) is 18.5. The van der Waals surface area contributed by atoms with E-state index < -0.39 is 5.60 Å². The predicted molar refractivity (Wildman–Crippen MR) is 99.1 cm³/mol. The summed E-state index contributed by atoms with van der Waals surface area (Å²) >= 11 is 0. The SMILES string of the molecule is Cc1cccc(OC[C@]2(O)CCCN(C(=O)Cn3nc(C)cc3C)C2)c1. The van der Waals surface area contributed by atoms with E-state index in [0.29, 0.717) is 13.0 Å². The van der Waals surface area contributed by atoms with E-state index in [1.807, 2.05) is 51.1 Å². The van der Waals surface area contributed by atoms with E-state index >= 15 is 0 Å². The highest BCUT2D eigenvalue weighted by molar-refractivity contribution is 5.76. The number of ether oxygens (including phenoxy) is 1. The summed E-state index contributed by atoms with van der Waals surface area (Å²) < 4.78 is 7.51. The van der Waals surface area contributed by atoms with Crippen LogP contribution in [-0.2, 0) is 11.3 Å². The van der Waals surface area contributed by atoms with Gasteiger partial charge in [-0.05, 0) is 57.4 Å². The summed E-state index contributed by atoms with van der Waals surface area (Å²) in [5, 5.41) is 15.3. The molecule has 1 aliphatic rings.